The van der Waals surface area contributed by atoms with Crippen LogP contribution in [0.15, 0.2) is 0 Å². The lowest BCUT2D eigenvalue weighted by Crippen LogP contribution is -2.36. The maximum Gasteiger partial charge on any atom is 0.0707 e. The van der Waals surface area contributed by atoms with Gasteiger partial charge in [-0.25, -0.2) is 0 Å². The van der Waals surface area contributed by atoms with Gasteiger partial charge in [-0.15, -0.1) is 0 Å². The first-order chi connectivity index (χ1) is 9.19. The predicted octanol–water partition coefficient (Wildman–Crippen LogP) is 2.80. The third kappa shape index (κ3) is 5.41. The highest BCUT2D eigenvalue weighted by Crippen LogP contribution is 2.29. The first-order valence-electron chi connectivity index (χ1n) is 8.32. The molecule has 0 radical (unpaired) electrons. The van der Waals surface area contributed by atoms with E-state index in [2.05, 4.69) is 31.0 Å². The van der Waals surface area contributed by atoms with Crippen LogP contribution in [-0.4, -0.2) is 48.8 Å². The predicted molar refractivity (Wildman–Crippen MR) is 80.5 cm³/mol. The molecule has 0 aromatic rings. The van der Waals surface area contributed by atoms with Gasteiger partial charge in [0.25, 0.3) is 0 Å². The van der Waals surface area contributed by atoms with E-state index in [1.807, 2.05) is 0 Å². The maximum absolute atomic E-state index is 6.20. The highest BCUT2D eigenvalue weighted by molar-refractivity contribution is 4.87. The van der Waals surface area contributed by atoms with E-state index in [4.69, 9.17) is 4.74 Å². The van der Waals surface area contributed by atoms with E-state index < -0.39 is 0 Å². The number of nitrogens with one attached hydrogen (secondary N) is 1. The molecular weight excluding hydrogens is 236 g/mol. The molecule has 0 bridgehead atoms. The highest BCUT2D eigenvalue weighted by Gasteiger charge is 2.33. The third-order valence-electron chi connectivity index (χ3n) is 4.25. The van der Waals surface area contributed by atoms with Crippen LogP contribution in [0.4, 0.5) is 0 Å². The molecule has 0 aromatic heterocycles. The van der Waals surface area contributed by atoms with Gasteiger partial charge in [0.1, 0.15) is 0 Å². The second-order valence-electron chi connectivity index (χ2n) is 6.60. The van der Waals surface area contributed by atoms with Crippen molar-refractivity contribution in [2.45, 2.75) is 83.6 Å². The van der Waals surface area contributed by atoms with E-state index in [0.717, 1.165) is 12.6 Å². The summed E-state index contributed by atoms with van der Waals surface area (Å²) in [4.78, 5) is 2.69. The molecule has 1 saturated heterocycles. The van der Waals surface area contributed by atoms with E-state index in [1.165, 1.54) is 51.6 Å². The standard InChI is InChI=1S/C16H32N2O/c1-4-5-10-18(14-6-7-14)12-16-9-8-15(19-16)11-17-13(2)3/h13-17H,4-12H2,1-3H3. The van der Waals surface area contributed by atoms with Crippen LogP contribution in [0.3, 0.4) is 0 Å². The molecular formula is C16H32N2O. The lowest BCUT2D eigenvalue weighted by molar-refractivity contribution is 0.0207. The molecule has 0 amide bonds. The SMILES string of the molecule is CCCCN(CC1CCC(CNC(C)C)O1)C1CC1. The molecule has 1 aliphatic heterocycles. The lowest BCUT2D eigenvalue weighted by Gasteiger charge is -2.25. The fraction of sp³-hybridized carbons (Fsp3) is 1.00. The zero-order valence-corrected chi connectivity index (χ0v) is 13.0. The normalized spacial score (nSPS) is 27.6. The number of ether oxygens (including phenoxy) is 1. The van der Waals surface area contributed by atoms with E-state index in [1.54, 1.807) is 0 Å². The zero-order valence-electron chi connectivity index (χ0n) is 13.0. The van der Waals surface area contributed by atoms with Gasteiger partial charge in [0.15, 0.2) is 0 Å². The Hall–Kier alpha value is -0.120. The van der Waals surface area contributed by atoms with Gasteiger partial charge in [-0.2, -0.15) is 0 Å². The molecule has 1 N–H and O–H groups in total. The van der Waals surface area contributed by atoms with Crippen molar-refractivity contribution in [3.8, 4) is 0 Å². The summed E-state index contributed by atoms with van der Waals surface area (Å²) in [5.74, 6) is 0. The molecule has 0 spiro atoms. The Morgan fingerprint density at radius 3 is 2.53 bits per heavy atom. The molecule has 0 aromatic carbocycles. The maximum atomic E-state index is 6.20. The molecule has 1 heterocycles. The molecule has 3 heteroatoms. The number of hydrogen-bond acceptors (Lipinski definition) is 3. The molecule has 19 heavy (non-hydrogen) atoms. The van der Waals surface area contributed by atoms with Gasteiger partial charge in [-0.3, -0.25) is 4.90 Å². The number of hydrogen-bond donors (Lipinski definition) is 1. The number of nitrogens with zero attached hydrogens (tertiary/aromatic N) is 1. The van der Waals surface area contributed by atoms with Crippen molar-refractivity contribution in [3.63, 3.8) is 0 Å². The van der Waals surface area contributed by atoms with Gasteiger partial charge in [0.2, 0.25) is 0 Å². The van der Waals surface area contributed by atoms with Crippen molar-refractivity contribution >= 4 is 0 Å². The Morgan fingerprint density at radius 2 is 1.89 bits per heavy atom. The average Bonchev–Trinajstić information content (AvgIpc) is 3.13. The Labute approximate surface area is 119 Å². The summed E-state index contributed by atoms with van der Waals surface area (Å²) in [5.41, 5.74) is 0. The van der Waals surface area contributed by atoms with E-state index in [-0.39, 0.29) is 0 Å². The zero-order chi connectivity index (χ0) is 13.7. The number of rotatable bonds is 9. The van der Waals surface area contributed by atoms with Gasteiger partial charge in [0, 0.05) is 25.2 Å². The summed E-state index contributed by atoms with van der Waals surface area (Å²) in [5, 5.41) is 3.49. The highest BCUT2D eigenvalue weighted by atomic mass is 16.5. The Kier molecular flexibility index (Phi) is 6.11. The Bertz CT molecular complexity index is 253. The quantitative estimate of drug-likeness (QED) is 0.696. The summed E-state index contributed by atoms with van der Waals surface area (Å²) in [7, 11) is 0. The topological polar surface area (TPSA) is 24.5 Å². The molecule has 1 saturated carbocycles. The summed E-state index contributed by atoms with van der Waals surface area (Å²) in [6.45, 7) is 10.1. The van der Waals surface area contributed by atoms with Gasteiger partial charge in [-0.1, -0.05) is 27.2 Å². The van der Waals surface area contributed by atoms with Crippen molar-refractivity contribution in [3.05, 3.63) is 0 Å². The lowest BCUT2D eigenvalue weighted by atomic mass is 10.1. The summed E-state index contributed by atoms with van der Waals surface area (Å²) >= 11 is 0. The van der Waals surface area contributed by atoms with Crippen LogP contribution in [0.1, 0.15) is 59.3 Å². The molecule has 2 unspecified atom stereocenters. The van der Waals surface area contributed by atoms with Crippen molar-refractivity contribution in [2.75, 3.05) is 19.6 Å². The van der Waals surface area contributed by atoms with Gasteiger partial charge < -0.3 is 10.1 Å². The van der Waals surface area contributed by atoms with E-state index in [0.29, 0.717) is 18.2 Å². The summed E-state index contributed by atoms with van der Waals surface area (Å²) in [6, 6.07) is 1.44. The van der Waals surface area contributed by atoms with Crippen LogP contribution in [0, 0.1) is 0 Å². The molecule has 2 atom stereocenters. The smallest absolute Gasteiger partial charge is 0.0707 e. The van der Waals surface area contributed by atoms with Crippen molar-refractivity contribution < 1.29 is 4.74 Å². The Morgan fingerprint density at radius 1 is 1.16 bits per heavy atom. The molecule has 3 nitrogen and oxygen atoms in total. The molecule has 112 valence electrons. The monoisotopic (exact) mass is 268 g/mol. The second-order valence-corrected chi connectivity index (χ2v) is 6.60. The van der Waals surface area contributed by atoms with Crippen molar-refractivity contribution in [1.82, 2.24) is 10.2 Å². The van der Waals surface area contributed by atoms with Crippen molar-refractivity contribution in [2.24, 2.45) is 0 Å². The second kappa shape index (κ2) is 7.61. The summed E-state index contributed by atoms with van der Waals surface area (Å²) < 4.78 is 6.20. The average molecular weight is 268 g/mol. The summed E-state index contributed by atoms with van der Waals surface area (Å²) in [6.07, 6.45) is 8.87. The molecule has 2 fully saturated rings. The van der Waals surface area contributed by atoms with E-state index in [9.17, 15) is 0 Å². The minimum Gasteiger partial charge on any atom is -0.372 e. The van der Waals surface area contributed by atoms with Crippen molar-refractivity contribution in [1.29, 1.82) is 0 Å². The van der Waals surface area contributed by atoms with Gasteiger partial charge in [0.05, 0.1) is 12.2 Å². The molecule has 2 rings (SSSR count). The molecule has 2 aliphatic rings. The number of unbranched alkanes of at least 4 members (excludes halogenated alkanes) is 1. The fourth-order valence-electron chi connectivity index (χ4n) is 2.92. The minimum absolute atomic E-state index is 0.444. The Balaban J connectivity index is 1.67. The van der Waals surface area contributed by atoms with Crippen LogP contribution in [0.5, 0.6) is 0 Å². The van der Waals surface area contributed by atoms with E-state index >= 15 is 0 Å². The first kappa shape index (κ1) is 15.3. The van der Waals surface area contributed by atoms with Gasteiger partial charge >= 0.3 is 0 Å². The van der Waals surface area contributed by atoms with Crippen LogP contribution in [0.25, 0.3) is 0 Å². The minimum atomic E-state index is 0.444. The van der Waals surface area contributed by atoms with Gasteiger partial charge in [-0.05, 0) is 38.6 Å². The van der Waals surface area contributed by atoms with Crippen LogP contribution >= 0.6 is 0 Å². The van der Waals surface area contributed by atoms with Crippen LogP contribution in [-0.2, 0) is 4.74 Å². The van der Waals surface area contributed by atoms with Crippen LogP contribution < -0.4 is 5.32 Å². The third-order valence-corrected chi connectivity index (χ3v) is 4.25. The largest absolute Gasteiger partial charge is 0.372 e. The first-order valence-corrected chi connectivity index (χ1v) is 8.32. The van der Waals surface area contributed by atoms with Crippen LogP contribution in [0.2, 0.25) is 0 Å². The fourth-order valence-corrected chi connectivity index (χ4v) is 2.92. The molecule has 1 aliphatic carbocycles.